The van der Waals surface area contributed by atoms with Crippen LogP contribution in [0, 0.1) is 6.92 Å². The second-order valence-corrected chi connectivity index (χ2v) is 4.06. The van der Waals surface area contributed by atoms with Gasteiger partial charge in [0, 0.05) is 18.4 Å². The molecule has 4 nitrogen and oxygen atoms in total. The Morgan fingerprint density at radius 3 is 2.94 bits per heavy atom. The van der Waals surface area contributed by atoms with Gasteiger partial charge in [0.25, 0.3) is 5.91 Å². The van der Waals surface area contributed by atoms with Crippen LogP contribution in [0.1, 0.15) is 35.7 Å². The molecule has 1 heterocycles. The van der Waals surface area contributed by atoms with Crippen LogP contribution in [-0.4, -0.2) is 23.5 Å². The maximum atomic E-state index is 11.8. The molecule has 0 saturated carbocycles. The number of aryl methyl sites for hydroxylation is 1. The smallest absolute Gasteiger partial charge is 0.253 e. The predicted molar refractivity (Wildman–Crippen MR) is 64.2 cm³/mol. The Kier molecular flexibility index (Phi) is 4.92. The molecule has 88 valence electrons. The highest BCUT2D eigenvalue weighted by molar-refractivity contribution is 5.94. The van der Waals surface area contributed by atoms with Gasteiger partial charge in [0.2, 0.25) is 0 Å². The number of carbonyl (C=O) groups excluding carboxylic acids is 1. The Morgan fingerprint density at radius 2 is 2.31 bits per heavy atom. The first-order valence-corrected chi connectivity index (χ1v) is 5.56. The van der Waals surface area contributed by atoms with E-state index in [1.807, 2.05) is 19.9 Å². The fourth-order valence-corrected chi connectivity index (χ4v) is 1.48. The van der Waals surface area contributed by atoms with E-state index in [-0.39, 0.29) is 11.9 Å². The van der Waals surface area contributed by atoms with E-state index in [9.17, 15) is 4.79 Å². The fraction of sp³-hybridized carbons (Fsp3) is 0.500. The minimum Gasteiger partial charge on any atom is -0.350 e. The molecule has 0 spiro atoms. The number of pyridine rings is 1. The van der Waals surface area contributed by atoms with Gasteiger partial charge in [0.1, 0.15) is 0 Å². The summed E-state index contributed by atoms with van der Waals surface area (Å²) in [5.74, 6) is -0.0688. The average molecular weight is 221 g/mol. The van der Waals surface area contributed by atoms with Gasteiger partial charge >= 0.3 is 0 Å². The molecular weight excluding hydrogens is 202 g/mol. The quantitative estimate of drug-likeness (QED) is 0.786. The summed E-state index contributed by atoms with van der Waals surface area (Å²) in [6, 6.07) is 1.98. The number of rotatable bonds is 5. The highest BCUT2D eigenvalue weighted by Crippen LogP contribution is 2.03. The van der Waals surface area contributed by atoms with Crippen molar-refractivity contribution in [3.05, 3.63) is 29.6 Å². The Morgan fingerprint density at radius 1 is 1.56 bits per heavy atom. The normalized spacial score (nSPS) is 12.2. The highest BCUT2D eigenvalue weighted by Gasteiger charge is 2.09. The molecule has 16 heavy (non-hydrogen) atoms. The van der Waals surface area contributed by atoms with E-state index in [4.69, 9.17) is 5.73 Å². The second-order valence-electron chi connectivity index (χ2n) is 4.06. The summed E-state index contributed by atoms with van der Waals surface area (Å²) in [5.41, 5.74) is 7.01. The van der Waals surface area contributed by atoms with Crippen LogP contribution in [0.25, 0.3) is 0 Å². The molecule has 0 aliphatic carbocycles. The Hall–Kier alpha value is -1.42. The maximum Gasteiger partial charge on any atom is 0.253 e. The van der Waals surface area contributed by atoms with Gasteiger partial charge in [-0.05, 0) is 44.9 Å². The Bertz CT molecular complexity index is 352. The van der Waals surface area contributed by atoms with Crippen LogP contribution >= 0.6 is 0 Å². The van der Waals surface area contributed by atoms with Crippen molar-refractivity contribution in [3.8, 4) is 0 Å². The van der Waals surface area contributed by atoms with E-state index in [0.29, 0.717) is 12.1 Å². The lowest BCUT2D eigenvalue weighted by Crippen LogP contribution is -2.33. The number of hydrogen-bond acceptors (Lipinski definition) is 3. The molecule has 4 heteroatoms. The maximum absolute atomic E-state index is 11.8. The molecule has 0 aliphatic rings. The summed E-state index contributed by atoms with van der Waals surface area (Å²) in [4.78, 5) is 15.8. The van der Waals surface area contributed by atoms with E-state index >= 15 is 0 Å². The summed E-state index contributed by atoms with van der Waals surface area (Å²) in [7, 11) is 0. The van der Waals surface area contributed by atoms with Crippen molar-refractivity contribution in [1.82, 2.24) is 10.3 Å². The lowest BCUT2D eigenvalue weighted by Gasteiger charge is -2.13. The molecule has 1 aromatic heterocycles. The van der Waals surface area contributed by atoms with E-state index in [1.54, 1.807) is 12.4 Å². The molecule has 1 amide bonds. The van der Waals surface area contributed by atoms with E-state index in [0.717, 1.165) is 18.4 Å². The molecule has 3 N–H and O–H groups in total. The number of amides is 1. The number of carbonyl (C=O) groups is 1. The van der Waals surface area contributed by atoms with Crippen molar-refractivity contribution < 1.29 is 4.79 Å². The Labute approximate surface area is 96.3 Å². The summed E-state index contributed by atoms with van der Waals surface area (Å²) < 4.78 is 0. The lowest BCUT2D eigenvalue weighted by atomic mass is 10.1. The zero-order valence-corrected chi connectivity index (χ0v) is 9.86. The van der Waals surface area contributed by atoms with Crippen molar-refractivity contribution >= 4 is 5.91 Å². The molecule has 1 unspecified atom stereocenters. The molecule has 0 aromatic carbocycles. The molecular formula is C12H19N3O. The molecule has 0 radical (unpaired) electrons. The molecule has 0 bridgehead atoms. The monoisotopic (exact) mass is 221 g/mol. The van der Waals surface area contributed by atoms with Crippen LogP contribution in [0.3, 0.4) is 0 Å². The lowest BCUT2D eigenvalue weighted by molar-refractivity contribution is 0.0937. The van der Waals surface area contributed by atoms with E-state index in [2.05, 4.69) is 10.3 Å². The molecule has 1 rings (SSSR count). The van der Waals surface area contributed by atoms with Crippen molar-refractivity contribution in [2.24, 2.45) is 5.73 Å². The second kappa shape index (κ2) is 6.23. The predicted octanol–water partition coefficient (Wildman–Crippen LogP) is 1.25. The van der Waals surface area contributed by atoms with Gasteiger partial charge < -0.3 is 11.1 Å². The first-order valence-electron chi connectivity index (χ1n) is 5.56. The van der Waals surface area contributed by atoms with Gasteiger partial charge in [-0.1, -0.05) is 0 Å². The van der Waals surface area contributed by atoms with Gasteiger partial charge in [-0.2, -0.15) is 0 Å². The van der Waals surface area contributed by atoms with Crippen LogP contribution in [0.4, 0.5) is 0 Å². The van der Waals surface area contributed by atoms with Gasteiger partial charge in [-0.3, -0.25) is 9.78 Å². The van der Waals surface area contributed by atoms with Crippen molar-refractivity contribution in [3.63, 3.8) is 0 Å². The zero-order chi connectivity index (χ0) is 12.0. The van der Waals surface area contributed by atoms with Gasteiger partial charge in [-0.15, -0.1) is 0 Å². The summed E-state index contributed by atoms with van der Waals surface area (Å²) in [6.45, 7) is 4.56. The van der Waals surface area contributed by atoms with Crippen molar-refractivity contribution in [1.29, 1.82) is 0 Å². The SMILES string of the molecule is Cc1cncc(C(=O)NC(C)CCCN)c1. The molecule has 0 aliphatic heterocycles. The average Bonchev–Trinajstić information content (AvgIpc) is 2.26. The summed E-state index contributed by atoms with van der Waals surface area (Å²) in [5, 5.41) is 2.92. The standard InChI is InChI=1S/C12H19N3O/c1-9-6-11(8-14-7-9)12(16)15-10(2)4-3-5-13/h6-8,10H,3-5,13H2,1-2H3,(H,15,16). The third-order valence-electron chi connectivity index (χ3n) is 2.36. The molecule has 1 aromatic rings. The number of nitrogens with zero attached hydrogens (tertiary/aromatic N) is 1. The van der Waals surface area contributed by atoms with Crippen LogP contribution < -0.4 is 11.1 Å². The number of hydrogen-bond donors (Lipinski definition) is 2. The number of nitrogens with one attached hydrogen (secondary N) is 1. The van der Waals surface area contributed by atoms with Crippen molar-refractivity contribution in [2.75, 3.05) is 6.54 Å². The van der Waals surface area contributed by atoms with Crippen LogP contribution in [0.2, 0.25) is 0 Å². The Balaban J connectivity index is 2.52. The van der Waals surface area contributed by atoms with Gasteiger partial charge in [-0.25, -0.2) is 0 Å². The number of aromatic nitrogens is 1. The van der Waals surface area contributed by atoms with Crippen LogP contribution in [-0.2, 0) is 0 Å². The third-order valence-corrected chi connectivity index (χ3v) is 2.36. The molecule has 1 atom stereocenters. The highest BCUT2D eigenvalue weighted by atomic mass is 16.1. The van der Waals surface area contributed by atoms with Crippen LogP contribution in [0.15, 0.2) is 18.5 Å². The number of nitrogens with two attached hydrogens (primary N) is 1. The first-order chi connectivity index (χ1) is 7.63. The van der Waals surface area contributed by atoms with Gasteiger partial charge in [0.15, 0.2) is 0 Å². The molecule has 0 saturated heterocycles. The molecule has 0 fully saturated rings. The summed E-state index contributed by atoms with van der Waals surface area (Å²) in [6.07, 6.45) is 5.14. The topological polar surface area (TPSA) is 68.0 Å². The summed E-state index contributed by atoms with van der Waals surface area (Å²) >= 11 is 0. The van der Waals surface area contributed by atoms with E-state index in [1.165, 1.54) is 0 Å². The van der Waals surface area contributed by atoms with Crippen molar-refractivity contribution in [2.45, 2.75) is 32.7 Å². The largest absolute Gasteiger partial charge is 0.350 e. The van der Waals surface area contributed by atoms with Crippen LogP contribution in [0.5, 0.6) is 0 Å². The zero-order valence-electron chi connectivity index (χ0n) is 9.86. The minimum absolute atomic E-state index is 0.0688. The first kappa shape index (κ1) is 12.6. The minimum atomic E-state index is -0.0688. The fourth-order valence-electron chi connectivity index (χ4n) is 1.48. The van der Waals surface area contributed by atoms with Gasteiger partial charge in [0.05, 0.1) is 5.56 Å². The third kappa shape index (κ3) is 3.98. The van der Waals surface area contributed by atoms with E-state index < -0.39 is 0 Å².